The Hall–Kier alpha value is -4.04. The summed E-state index contributed by atoms with van der Waals surface area (Å²) in [7, 11) is 0. The second-order valence-electron chi connectivity index (χ2n) is 8.02. The molecule has 8 heteroatoms. The van der Waals surface area contributed by atoms with Gasteiger partial charge in [-0.05, 0) is 73.9 Å². The van der Waals surface area contributed by atoms with E-state index in [0.717, 1.165) is 28.1 Å². The highest BCUT2D eigenvalue weighted by molar-refractivity contribution is 7.20. The summed E-state index contributed by atoms with van der Waals surface area (Å²) in [5.41, 5.74) is 5.48. The molecule has 0 atom stereocenters. The number of nitrogens with one attached hydrogen (secondary N) is 2. The van der Waals surface area contributed by atoms with Gasteiger partial charge in [-0.15, -0.1) is 5.10 Å². The summed E-state index contributed by atoms with van der Waals surface area (Å²) in [5, 5.41) is 11.5. The molecule has 5 rings (SSSR count). The summed E-state index contributed by atoms with van der Waals surface area (Å²) in [5.74, 6) is -0.255. The van der Waals surface area contributed by atoms with Crippen molar-refractivity contribution < 1.29 is 4.79 Å². The maximum absolute atomic E-state index is 13.0. The van der Waals surface area contributed by atoms with Crippen LogP contribution in [0.25, 0.3) is 15.9 Å². The topological polar surface area (TPSA) is 88.4 Å². The Morgan fingerprint density at radius 2 is 1.73 bits per heavy atom. The minimum atomic E-state index is -0.273. The van der Waals surface area contributed by atoms with Gasteiger partial charge in [0.25, 0.3) is 11.5 Å². The number of anilines is 3. The van der Waals surface area contributed by atoms with Gasteiger partial charge in [-0.2, -0.15) is 4.52 Å². The minimum absolute atomic E-state index is 0.255. The van der Waals surface area contributed by atoms with E-state index in [4.69, 9.17) is 0 Å². The first-order valence-electron chi connectivity index (χ1n) is 10.4. The molecule has 3 aromatic carbocycles. The average molecular weight is 456 g/mol. The van der Waals surface area contributed by atoms with Crippen molar-refractivity contribution >= 4 is 49.6 Å². The largest absolute Gasteiger partial charge is 0.330 e. The number of hydrogen-bond donors (Lipinski definition) is 2. The van der Waals surface area contributed by atoms with E-state index < -0.39 is 0 Å². The Morgan fingerprint density at radius 3 is 2.48 bits per heavy atom. The van der Waals surface area contributed by atoms with E-state index >= 15 is 0 Å². The van der Waals surface area contributed by atoms with Gasteiger partial charge in [-0.1, -0.05) is 35.6 Å². The molecule has 2 N–H and O–H groups in total. The summed E-state index contributed by atoms with van der Waals surface area (Å²) >= 11 is 1.28. The van der Waals surface area contributed by atoms with Gasteiger partial charge in [-0.3, -0.25) is 9.59 Å². The van der Waals surface area contributed by atoms with Gasteiger partial charge in [0.2, 0.25) is 10.1 Å². The van der Waals surface area contributed by atoms with E-state index in [1.54, 1.807) is 18.2 Å². The number of nitrogens with zero attached hydrogens (tertiary/aromatic N) is 3. The van der Waals surface area contributed by atoms with Gasteiger partial charge in [0, 0.05) is 16.9 Å². The second-order valence-corrected chi connectivity index (χ2v) is 8.98. The minimum Gasteiger partial charge on any atom is -0.330 e. The lowest BCUT2D eigenvalue weighted by atomic mass is 10.1. The number of carbonyl (C=O) groups excluding carboxylic acids is 1. The molecule has 0 spiro atoms. The van der Waals surface area contributed by atoms with Crippen molar-refractivity contribution in [2.75, 3.05) is 10.6 Å². The highest BCUT2D eigenvalue weighted by Gasteiger charge is 2.14. The van der Waals surface area contributed by atoms with Crippen molar-refractivity contribution in [3.05, 3.63) is 93.3 Å². The third-order valence-electron chi connectivity index (χ3n) is 5.32. The van der Waals surface area contributed by atoms with Crippen LogP contribution in [0.5, 0.6) is 0 Å². The van der Waals surface area contributed by atoms with Crippen molar-refractivity contribution in [2.45, 2.75) is 20.8 Å². The summed E-state index contributed by atoms with van der Waals surface area (Å²) in [6.07, 6.45) is 0. The van der Waals surface area contributed by atoms with E-state index in [2.05, 4.69) is 20.7 Å². The quantitative estimate of drug-likeness (QED) is 0.388. The lowest BCUT2D eigenvalue weighted by Crippen LogP contribution is -2.17. The molecule has 2 aromatic heterocycles. The van der Waals surface area contributed by atoms with Crippen LogP contribution in [0.1, 0.15) is 27.0 Å². The fraction of sp³-hybridized carbons (Fsp3) is 0.120. The van der Waals surface area contributed by atoms with Crippen LogP contribution in [0.2, 0.25) is 0 Å². The third-order valence-corrected chi connectivity index (χ3v) is 6.15. The first-order valence-corrected chi connectivity index (χ1v) is 11.2. The lowest BCUT2D eigenvalue weighted by molar-refractivity contribution is 0.102. The van der Waals surface area contributed by atoms with Crippen molar-refractivity contribution in [3.63, 3.8) is 0 Å². The predicted octanol–water partition coefficient (Wildman–Crippen LogP) is 5.23. The fourth-order valence-corrected chi connectivity index (χ4v) is 4.59. The molecule has 1 amide bonds. The number of benzene rings is 3. The van der Waals surface area contributed by atoms with Crippen molar-refractivity contribution in [2.24, 2.45) is 0 Å². The molecule has 0 saturated heterocycles. The van der Waals surface area contributed by atoms with Crippen LogP contribution in [0.3, 0.4) is 0 Å². The SMILES string of the molecule is Cc1cc(C)cc(NC(=O)c2ccc3c(=O)n4nc(Nc5ccccc5C)sc4nc3c2)c1. The Kier molecular flexibility index (Phi) is 5.14. The van der Waals surface area contributed by atoms with Gasteiger partial charge in [0.05, 0.1) is 10.9 Å². The van der Waals surface area contributed by atoms with E-state index in [1.165, 1.54) is 15.9 Å². The van der Waals surface area contributed by atoms with Crippen LogP contribution in [-0.2, 0) is 0 Å². The fourth-order valence-electron chi connectivity index (χ4n) is 3.78. The van der Waals surface area contributed by atoms with E-state index in [-0.39, 0.29) is 11.5 Å². The molecule has 0 unspecified atom stereocenters. The van der Waals surface area contributed by atoms with Crippen LogP contribution < -0.4 is 16.2 Å². The molecular formula is C25H21N5O2S. The Labute approximate surface area is 193 Å². The maximum Gasteiger partial charge on any atom is 0.283 e. The van der Waals surface area contributed by atoms with Crippen LogP contribution >= 0.6 is 11.3 Å². The molecule has 0 radical (unpaired) electrons. The highest BCUT2D eigenvalue weighted by atomic mass is 32.1. The number of para-hydroxylation sites is 1. The van der Waals surface area contributed by atoms with Gasteiger partial charge < -0.3 is 10.6 Å². The molecule has 5 aromatic rings. The zero-order valence-corrected chi connectivity index (χ0v) is 19.2. The normalized spacial score (nSPS) is 11.1. The highest BCUT2D eigenvalue weighted by Crippen LogP contribution is 2.25. The number of carbonyl (C=O) groups is 1. The Balaban J connectivity index is 1.50. The van der Waals surface area contributed by atoms with Crippen molar-refractivity contribution in [1.29, 1.82) is 0 Å². The van der Waals surface area contributed by atoms with Crippen molar-refractivity contribution in [3.8, 4) is 0 Å². The summed E-state index contributed by atoms with van der Waals surface area (Å²) in [6.45, 7) is 5.97. The standard InChI is InChI=1S/C25H21N5O2S/c1-14-10-15(2)12-18(11-14)26-22(31)17-8-9-19-21(13-17)28-25-30(23(19)32)29-24(33-25)27-20-7-5-4-6-16(20)3/h4-13H,1-3H3,(H,26,31)(H,27,29). The molecule has 164 valence electrons. The number of amides is 1. The zero-order chi connectivity index (χ0) is 23.1. The first-order chi connectivity index (χ1) is 15.9. The van der Waals surface area contributed by atoms with Gasteiger partial charge >= 0.3 is 0 Å². The van der Waals surface area contributed by atoms with Crippen LogP contribution in [0.4, 0.5) is 16.5 Å². The average Bonchev–Trinajstić information content (AvgIpc) is 3.17. The maximum atomic E-state index is 13.0. The number of aryl methyl sites for hydroxylation is 3. The second kappa shape index (κ2) is 8.14. The van der Waals surface area contributed by atoms with Crippen LogP contribution in [0.15, 0.2) is 65.5 Å². The number of aromatic nitrogens is 3. The molecule has 2 heterocycles. The van der Waals surface area contributed by atoms with Gasteiger partial charge in [0.15, 0.2) is 0 Å². The lowest BCUT2D eigenvalue weighted by Gasteiger charge is -2.08. The number of rotatable bonds is 4. The number of hydrogen-bond acceptors (Lipinski definition) is 6. The third kappa shape index (κ3) is 4.08. The van der Waals surface area contributed by atoms with Gasteiger partial charge in [-0.25, -0.2) is 4.98 Å². The Morgan fingerprint density at radius 1 is 0.970 bits per heavy atom. The molecule has 0 aliphatic heterocycles. The van der Waals surface area contributed by atoms with E-state index in [1.807, 2.05) is 63.2 Å². The van der Waals surface area contributed by atoms with Crippen LogP contribution in [0, 0.1) is 20.8 Å². The first kappa shape index (κ1) is 20.8. The smallest absolute Gasteiger partial charge is 0.283 e. The molecule has 0 bridgehead atoms. The van der Waals surface area contributed by atoms with Crippen LogP contribution in [-0.4, -0.2) is 20.5 Å². The molecular weight excluding hydrogens is 434 g/mol. The summed E-state index contributed by atoms with van der Waals surface area (Å²) < 4.78 is 1.29. The monoisotopic (exact) mass is 455 g/mol. The molecule has 7 nitrogen and oxygen atoms in total. The van der Waals surface area contributed by atoms with E-state index in [9.17, 15) is 9.59 Å². The van der Waals surface area contributed by atoms with Crippen molar-refractivity contribution in [1.82, 2.24) is 14.6 Å². The zero-order valence-electron chi connectivity index (χ0n) is 18.3. The molecule has 0 saturated carbocycles. The molecule has 0 aliphatic rings. The summed E-state index contributed by atoms with van der Waals surface area (Å²) in [4.78, 5) is 30.9. The number of fused-ring (bicyclic) bond motifs is 2. The van der Waals surface area contributed by atoms with E-state index in [0.29, 0.717) is 26.6 Å². The predicted molar refractivity (Wildman–Crippen MR) is 133 cm³/mol. The molecule has 0 fully saturated rings. The summed E-state index contributed by atoms with van der Waals surface area (Å²) in [6, 6.07) is 18.6. The Bertz CT molecular complexity index is 1580. The molecule has 0 aliphatic carbocycles. The molecule has 33 heavy (non-hydrogen) atoms. The van der Waals surface area contributed by atoms with Gasteiger partial charge in [0.1, 0.15) is 0 Å².